The summed E-state index contributed by atoms with van der Waals surface area (Å²) < 4.78 is 4.46. The van der Waals surface area contributed by atoms with Crippen molar-refractivity contribution in [2.75, 3.05) is 7.11 Å². The molecule has 0 radical (unpaired) electrons. The number of nitrogens with zero attached hydrogens (tertiary/aromatic N) is 1. The highest BCUT2D eigenvalue weighted by Crippen LogP contribution is 1.89. The molecule has 0 atom stereocenters. The van der Waals surface area contributed by atoms with E-state index in [0.29, 0.717) is 0 Å². The summed E-state index contributed by atoms with van der Waals surface area (Å²) in [7, 11) is 1.32. The maximum absolute atomic E-state index is 10.8. The van der Waals surface area contributed by atoms with E-state index in [-0.39, 0.29) is 5.71 Å². The fourth-order valence-electron chi connectivity index (χ4n) is 0.608. The highest BCUT2D eigenvalue weighted by molar-refractivity contribution is 6.41. The fraction of sp³-hybridized carbons (Fsp3) is 0.143. The molecular formula is C7H8N2O2. The lowest BCUT2D eigenvalue weighted by atomic mass is 10.3. The fourth-order valence-corrected chi connectivity index (χ4v) is 0.608. The van der Waals surface area contributed by atoms with Crippen molar-refractivity contribution in [1.29, 1.82) is 0 Å². The van der Waals surface area contributed by atoms with Gasteiger partial charge in [0.2, 0.25) is 0 Å². The molecule has 58 valence electrons. The van der Waals surface area contributed by atoms with Gasteiger partial charge in [0, 0.05) is 6.20 Å². The second-order valence-corrected chi connectivity index (χ2v) is 1.84. The summed E-state index contributed by atoms with van der Waals surface area (Å²) in [6.07, 6.45) is 6.63. The van der Waals surface area contributed by atoms with E-state index in [4.69, 9.17) is 0 Å². The number of hydrogen-bond donors (Lipinski definition) is 1. The molecular weight excluding hydrogens is 144 g/mol. The van der Waals surface area contributed by atoms with Crippen LogP contribution in [0.3, 0.4) is 0 Å². The monoisotopic (exact) mass is 152 g/mol. The van der Waals surface area contributed by atoms with Crippen LogP contribution in [0.15, 0.2) is 29.5 Å². The maximum atomic E-state index is 10.8. The van der Waals surface area contributed by atoms with E-state index in [1.54, 1.807) is 24.4 Å². The minimum Gasteiger partial charge on any atom is -0.464 e. The number of carbonyl (C=O) groups excluding carboxylic acids is 1. The first kappa shape index (κ1) is 7.53. The first-order valence-corrected chi connectivity index (χ1v) is 3.09. The molecule has 0 aromatic carbocycles. The largest absolute Gasteiger partial charge is 0.464 e. The van der Waals surface area contributed by atoms with Crippen molar-refractivity contribution < 1.29 is 9.53 Å². The number of esters is 1. The van der Waals surface area contributed by atoms with E-state index in [1.165, 1.54) is 7.11 Å². The van der Waals surface area contributed by atoms with Crippen molar-refractivity contribution in [1.82, 2.24) is 5.43 Å². The summed E-state index contributed by atoms with van der Waals surface area (Å²) in [5.41, 5.74) is 2.82. The van der Waals surface area contributed by atoms with Crippen molar-refractivity contribution in [3.05, 3.63) is 24.4 Å². The molecule has 0 fully saturated rings. The summed E-state index contributed by atoms with van der Waals surface area (Å²) >= 11 is 0. The van der Waals surface area contributed by atoms with E-state index < -0.39 is 5.97 Å². The molecule has 0 aromatic heterocycles. The number of ether oxygens (including phenoxy) is 1. The van der Waals surface area contributed by atoms with Crippen LogP contribution in [0.25, 0.3) is 0 Å². The number of methoxy groups -OCH3 is 1. The van der Waals surface area contributed by atoms with Crippen molar-refractivity contribution in [2.24, 2.45) is 5.10 Å². The van der Waals surface area contributed by atoms with Crippen molar-refractivity contribution in [3.63, 3.8) is 0 Å². The van der Waals surface area contributed by atoms with Crippen LogP contribution in [0.2, 0.25) is 0 Å². The zero-order chi connectivity index (χ0) is 8.10. The number of carbonyl (C=O) groups is 1. The van der Waals surface area contributed by atoms with E-state index in [1.807, 2.05) is 0 Å². The third kappa shape index (κ3) is 1.93. The summed E-state index contributed by atoms with van der Waals surface area (Å²) in [4.78, 5) is 10.8. The maximum Gasteiger partial charge on any atom is 0.358 e. The molecule has 1 aliphatic rings. The normalized spacial score (nSPS) is 14.8. The number of hydrazone groups is 1. The van der Waals surface area contributed by atoms with E-state index >= 15 is 0 Å². The Balaban J connectivity index is 2.72. The topological polar surface area (TPSA) is 50.7 Å². The molecule has 0 aromatic rings. The van der Waals surface area contributed by atoms with E-state index in [0.717, 1.165) is 0 Å². The van der Waals surface area contributed by atoms with Crippen LogP contribution in [0, 0.1) is 0 Å². The van der Waals surface area contributed by atoms with E-state index in [2.05, 4.69) is 15.3 Å². The van der Waals surface area contributed by atoms with Crippen LogP contribution < -0.4 is 5.43 Å². The Labute approximate surface area is 64.2 Å². The molecule has 0 saturated carbocycles. The molecule has 0 saturated heterocycles. The number of allylic oxidation sites excluding steroid dienone is 2. The Bertz CT molecular complexity index is 241. The molecule has 4 heteroatoms. The molecule has 0 amide bonds. The summed E-state index contributed by atoms with van der Waals surface area (Å²) in [5.74, 6) is -0.447. The van der Waals surface area contributed by atoms with Crippen molar-refractivity contribution in [3.8, 4) is 0 Å². The molecule has 11 heavy (non-hydrogen) atoms. The average molecular weight is 152 g/mol. The SMILES string of the molecule is COC(=O)C1=NNC=CC=C1. The zero-order valence-corrected chi connectivity index (χ0v) is 6.07. The molecule has 1 heterocycles. The highest BCUT2D eigenvalue weighted by atomic mass is 16.5. The van der Waals surface area contributed by atoms with Crippen LogP contribution in [0.5, 0.6) is 0 Å². The Morgan fingerprint density at radius 1 is 1.64 bits per heavy atom. The Morgan fingerprint density at radius 2 is 2.45 bits per heavy atom. The Hall–Kier alpha value is -1.58. The Morgan fingerprint density at radius 3 is 3.18 bits per heavy atom. The van der Waals surface area contributed by atoms with E-state index in [9.17, 15) is 4.79 Å². The van der Waals surface area contributed by atoms with Crippen LogP contribution >= 0.6 is 0 Å². The minimum atomic E-state index is -0.447. The second-order valence-electron chi connectivity index (χ2n) is 1.84. The van der Waals surface area contributed by atoms with Crippen LogP contribution in [0.4, 0.5) is 0 Å². The number of hydrogen-bond acceptors (Lipinski definition) is 4. The average Bonchev–Trinajstić information content (AvgIpc) is 2.30. The molecule has 4 nitrogen and oxygen atoms in total. The summed E-state index contributed by atoms with van der Waals surface area (Å²) in [6, 6.07) is 0. The molecule has 0 aliphatic carbocycles. The predicted molar refractivity (Wildman–Crippen MR) is 40.9 cm³/mol. The van der Waals surface area contributed by atoms with Gasteiger partial charge >= 0.3 is 5.97 Å². The zero-order valence-electron chi connectivity index (χ0n) is 6.07. The van der Waals surface area contributed by atoms with Gasteiger partial charge in [0.05, 0.1) is 7.11 Å². The van der Waals surface area contributed by atoms with Gasteiger partial charge in [0.25, 0.3) is 0 Å². The molecule has 1 rings (SSSR count). The quantitative estimate of drug-likeness (QED) is 0.545. The van der Waals surface area contributed by atoms with Crippen LogP contribution in [-0.2, 0) is 9.53 Å². The molecule has 0 unspecified atom stereocenters. The first-order chi connectivity index (χ1) is 5.34. The van der Waals surface area contributed by atoms with Gasteiger partial charge in [0.1, 0.15) is 0 Å². The summed E-state index contributed by atoms with van der Waals surface area (Å²) in [5, 5.41) is 3.71. The number of nitrogens with one attached hydrogen (secondary N) is 1. The van der Waals surface area contributed by atoms with Gasteiger partial charge in [0.15, 0.2) is 5.71 Å². The van der Waals surface area contributed by atoms with Crippen molar-refractivity contribution in [2.45, 2.75) is 0 Å². The third-order valence-corrected chi connectivity index (χ3v) is 1.12. The summed E-state index contributed by atoms with van der Waals surface area (Å²) in [6.45, 7) is 0. The van der Waals surface area contributed by atoms with Crippen LogP contribution in [0.1, 0.15) is 0 Å². The number of rotatable bonds is 1. The standard InChI is InChI=1S/C7H8N2O2/c1-11-7(10)6-4-2-3-5-8-9-6/h2-5,8H,1H3. The third-order valence-electron chi connectivity index (χ3n) is 1.12. The smallest absolute Gasteiger partial charge is 0.358 e. The molecule has 1 N–H and O–H groups in total. The lowest BCUT2D eigenvalue weighted by Gasteiger charge is -1.95. The van der Waals surface area contributed by atoms with Gasteiger partial charge in [-0.05, 0) is 12.2 Å². The van der Waals surface area contributed by atoms with Crippen molar-refractivity contribution >= 4 is 11.7 Å². The minimum absolute atomic E-state index is 0.262. The van der Waals surface area contributed by atoms with Gasteiger partial charge in [-0.2, -0.15) is 5.10 Å². The molecule has 0 spiro atoms. The lowest BCUT2D eigenvalue weighted by molar-refractivity contribution is -0.132. The van der Waals surface area contributed by atoms with Gasteiger partial charge < -0.3 is 4.74 Å². The van der Waals surface area contributed by atoms with Gasteiger partial charge in [-0.25, -0.2) is 4.79 Å². The predicted octanol–water partition coefficient (Wildman–Crippen LogP) is 0.188. The Kier molecular flexibility index (Phi) is 2.43. The highest BCUT2D eigenvalue weighted by Gasteiger charge is 2.07. The van der Waals surface area contributed by atoms with Gasteiger partial charge in [-0.3, -0.25) is 5.43 Å². The second kappa shape index (κ2) is 3.55. The first-order valence-electron chi connectivity index (χ1n) is 3.09. The van der Waals surface area contributed by atoms with Gasteiger partial charge in [-0.15, -0.1) is 0 Å². The lowest BCUT2D eigenvalue weighted by Crippen LogP contribution is -2.15. The van der Waals surface area contributed by atoms with Crippen LogP contribution in [-0.4, -0.2) is 18.8 Å². The molecule has 1 aliphatic heterocycles. The van der Waals surface area contributed by atoms with Gasteiger partial charge in [-0.1, -0.05) is 6.08 Å². The molecule has 0 bridgehead atoms.